The van der Waals surface area contributed by atoms with Crippen molar-refractivity contribution >= 4 is 27.0 Å². The van der Waals surface area contributed by atoms with Crippen molar-refractivity contribution in [3.63, 3.8) is 0 Å². The van der Waals surface area contributed by atoms with Gasteiger partial charge < -0.3 is 5.73 Å². The minimum atomic E-state index is -3.56. The maximum Gasteiger partial charge on any atom is 0.241 e. The van der Waals surface area contributed by atoms with E-state index in [1.165, 1.54) is 11.3 Å². The lowest BCUT2D eigenvalue weighted by atomic mass is 10.1. The summed E-state index contributed by atoms with van der Waals surface area (Å²) in [6.07, 6.45) is 0. The third-order valence-corrected chi connectivity index (χ3v) is 5.95. The highest BCUT2D eigenvalue weighted by Gasteiger charge is 2.23. The van der Waals surface area contributed by atoms with Gasteiger partial charge in [0, 0.05) is 10.6 Å². The summed E-state index contributed by atoms with van der Waals surface area (Å²) in [5, 5.41) is 1.93. The van der Waals surface area contributed by atoms with Crippen LogP contribution in [0.3, 0.4) is 0 Å². The standard InChI is InChI=1S/C14H18N2O2S2/c1-9-7-12(15)8-10(2)14(9)20(17,18)16-11(3)13-5-4-6-19-13/h4-8,11,16H,15H2,1-3H3. The van der Waals surface area contributed by atoms with Gasteiger partial charge in [-0.2, -0.15) is 0 Å². The predicted octanol–water partition coefficient (Wildman–Crippen LogP) is 2.99. The summed E-state index contributed by atoms with van der Waals surface area (Å²) < 4.78 is 27.8. The monoisotopic (exact) mass is 310 g/mol. The Morgan fingerprint density at radius 3 is 2.35 bits per heavy atom. The first-order valence-corrected chi connectivity index (χ1v) is 8.60. The molecule has 0 amide bonds. The molecule has 3 N–H and O–H groups in total. The molecule has 0 spiro atoms. The van der Waals surface area contributed by atoms with Crippen molar-refractivity contribution in [3.8, 4) is 0 Å². The van der Waals surface area contributed by atoms with Crippen molar-refractivity contribution in [2.45, 2.75) is 31.7 Å². The number of nitrogen functional groups attached to an aromatic ring is 1. The first kappa shape index (κ1) is 15.0. The van der Waals surface area contributed by atoms with Gasteiger partial charge in [0.2, 0.25) is 10.0 Å². The molecule has 1 aromatic carbocycles. The lowest BCUT2D eigenvalue weighted by molar-refractivity contribution is 0.567. The third-order valence-electron chi connectivity index (χ3n) is 3.05. The summed E-state index contributed by atoms with van der Waals surface area (Å²) in [5.74, 6) is 0. The van der Waals surface area contributed by atoms with Gasteiger partial charge in [0.15, 0.2) is 0 Å². The summed E-state index contributed by atoms with van der Waals surface area (Å²) in [7, 11) is -3.56. The fourth-order valence-electron chi connectivity index (χ4n) is 2.30. The summed E-state index contributed by atoms with van der Waals surface area (Å²) in [5.41, 5.74) is 7.63. The van der Waals surface area contributed by atoms with Gasteiger partial charge >= 0.3 is 0 Å². The van der Waals surface area contributed by atoms with E-state index >= 15 is 0 Å². The molecule has 0 radical (unpaired) electrons. The molecule has 1 heterocycles. The minimum Gasteiger partial charge on any atom is -0.399 e. The van der Waals surface area contributed by atoms with Crippen LogP contribution in [0.1, 0.15) is 29.0 Å². The summed E-state index contributed by atoms with van der Waals surface area (Å²) in [4.78, 5) is 1.30. The van der Waals surface area contributed by atoms with Crippen LogP contribution >= 0.6 is 11.3 Å². The Morgan fingerprint density at radius 2 is 1.85 bits per heavy atom. The summed E-state index contributed by atoms with van der Waals surface area (Å²) >= 11 is 1.53. The van der Waals surface area contributed by atoms with E-state index in [0.717, 1.165) is 4.88 Å². The van der Waals surface area contributed by atoms with E-state index < -0.39 is 10.0 Å². The number of hydrogen-bond acceptors (Lipinski definition) is 4. The molecule has 0 bridgehead atoms. The fourth-order valence-corrected chi connectivity index (χ4v) is 4.78. The SMILES string of the molecule is Cc1cc(N)cc(C)c1S(=O)(=O)NC(C)c1cccs1. The lowest BCUT2D eigenvalue weighted by Crippen LogP contribution is -2.27. The first-order valence-electron chi connectivity index (χ1n) is 6.23. The van der Waals surface area contributed by atoms with Crippen LogP contribution in [0.4, 0.5) is 5.69 Å². The van der Waals surface area contributed by atoms with Crippen molar-refractivity contribution < 1.29 is 8.42 Å². The first-order chi connectivity index (χ1) is 9.31. The van der Waals surface area contributed by atoms with E-state index in [-0.39, 0.29) is 6.04 Å². The summed E-state index contributed by atoms with van der Waals surface area (Å²) in [6.45, 7) is 5.35. The van der Waals surface area contributed by atoms with E-state index in [1.807, 2.05) is 24.4 Å². The number of anilines is 1. The Labute approximate surface area is 123 Å². The Hall–Kier alpha value is -1.37. The molecule has 0 saturated carbocycles. The van der Waals surface area contributed by atoms with E-state index in [0.29, 0.717) is 21.7 Å². The number of rotatable bonds is 4. The molecule has 20 heavy (non-hydrogen) atoms. The second-order valence-corrected chi connectivity index (χ2v) is 7.47. The molecule has 2 rings (SSSR count). The quantitative estimate of drug-likeness (QED) is 0.853. The van der Waals surface area contributed by atoms with Crippen LogP contribution in [0.5, 0.6) is 0 Å². The van der Waals surface area contributed by atoms with Crippen LogP contribution in [0, 0.1) is 13.8 Å². The van der Waals surface area contributed by atoms with Gasteiger partial charge in [0.1, 0.15) is 0 Å². The zero-order valence-corrected chi connectivity index (χ0v) is 13.3. The summed E-state index contributed by atoms with van der Waals surface area (Å²) in [6, 6.07) is 6.93. The molecule has 6 heteroatoms. The molecule has 0 aliphatic rings. The van der Waals surface area contributed by atoms with Gasteiger partial charge in [-0.15, -0.1) is 11.3 Å². The van der Waals surface area contributed by atoms with Crippen molar-refractivity contribution in [2.75, 3.05) is 5.73 Å². The second-order valence-electron chi connectivity index (χ2n) is 4.84. The van der Waals surface area contributed by atoms with Crippen LogP contribution in [0.25, 0.3) is 0 Å². The Kier molecular flexibility index (Phi) is 4.17. The minimum absolute atomic E-state index is 0.253. The van der Waals surface area contributed by atoms with Gasteiger partial charge in [0.25, 0.3) is 0 Å². The predicted molar refractivity (Wildman–Crippen MR) is 83.4 cm³/mol. The van der Waals surface area contributed by atoms with Crippen LogP contribution in [-0.4, -0.2) is 8.42 Å². The molecule has 1 aromatic heterocycles. The molecular weight excluding hydrogens is 292 g/mol. The zero-order valence-electron chi connectivity index (χ0n) is 11.7. The number of benzene rings is 1. The highest BCUT2D eigenvalue weighted by molar-refractivity contribution is 7.89. The van der Waals surface area contributed by atoms with Gasteiger partial charge in [-0.05, 0) is 55.5 Å². The van der Waals surface area contributed by atoms with Crippen molar-refractivity contribution in [1.29, 1.82) is 0 Å². The molecule has 0 aliphatic carbocycles. The highest BCUT2D eigenvalue weighted by atomic mass is 32.2. The van der Waals surface area contributed by atoms with Crippen LogP contribution in [0.15, 0.2) is 34.5 Å². The van der Waals surface area contributed by atoms with Crippen molar-refractivity contribution in [1.82, 2.24) is 4.72 Å². The molecule has 0 aliphatic heterocycles. The van der Waals surface area contributed by atoms with E-state index in [9.17, 15) is 8.42 Å². The largest absolute Gasteiger partial charge is 0.399 e. The maximum atomic E-state index is 12.5. The smallest absolute Gasteiger partial charge is 0.241 e. The number of sulfonamides is 1. The molecule has 2 aromatic rings. The molecular formula is C14H18N2O2S2. The number of thiophene rings is 1. The molecule has 4 nitrogen and oxygen atoms in total. The van der Waals surface area contributed by atoms with E-state index in [2.05, 4.69) is 4.72 Å². The van der Waals surface area contributed by atoms with Crippen LogP contribution < -0.4 is 10.5 Å². The van der Waals surface area contributed by atoms with E-state index in [4.69, 9.17) is 5.73 Å². The zero-order chi connectivity index (χ0) is 14.9. The number of hydrogen-bond donors (Lipinski definition) is 2. The number of nitrogens with two attached hydrogens (primary N) is 1. The molecule has 0 saturated heterocycles. The van der Waals surface area contributed by atoms with Gasteiger partial charge in [-0.3, -0.25) is 0 Å². The topological polar surface area (TPSA) is 72.2 Å². The van der Waals surface area contributed by atoms with Gasteiger partial charge in [0.05, 0.1) is 10.9 Å². The number of aryl methyl sites for hydroxylation is 2. The van der Waals surface area contributed by atoms with Crippen LogP contribution in [0.2, 0.25) is 0 Å². The molecule has 108 valence electrons. The van der Waals surface area contributed by atoms with Crippen LogP contribution in [-0.2, 0) is 10.0 Å². The second kappa shape index (κ2) is 5.55. The average Bonchev–Trinajstić information content (AvgIpc) is 2.78. The molecule has 0 fully saturated rings. The van der Waals surface area contributed by atoms with Crippen molar-refractivity contribution in [2.24, 2.45) is 0 Å². The average molecular weight is 310 g/mol. The normalized spacial score (nSPS) is 13.3. The van der Waals surface area contributed by atoms with Gasteiger partial charge in [-0.25, -0.2) is 13.1 Å². The molecule has 1 unspecified atom stereocenters. The Bertz CT molecular complexity index is 684. The Balaban J connectivity index is 2.37. The van der Waals surface area contributed by atoms with Crippen molar-refractivity contribution in [3.05, 3.63) is 45.6 Å². The third kappa shape index (κ3) is 3.03. The lowest BCUT2D eigenvalue weighted by Gasteiger charge is -2.16. The highest BCUT2D eigenvalue weighted by Crippen LogP contribution is 2.26. The Morgan fingerprint density at radius 1 is 1.25 bits per heavy atom. The van der Waals surface area contributed by atoms with E-state index in [1.54, 1.807) is 26.0 Å². The van der Waals surface area contributed by atoms with Gasteiger partial charge in [-0.1, -0.05) is 6.07 Å². The molecule has 1 atom stereocenters. The fraction of sp³-hybridized carbons (Fsp3) is 0.286. The maximum absolute atomic E-state index is 12.5. The number of nitrogens with one attached hydrogen (secondary N) is 1.